The third-order valence-corrected chi connectivity index (χ3v) is 2.79. The summed E-state index contributed by atoms with van der Waals surface area (Å²) in [4.78, 5) is 16.2. The number of rotatable bonds is 5. The standard InChI is InChI=1S/C9H14N2O2S/c1-2-13-9(12)3-7(4-10)8-5-11-6-14-8/h5-7H,2-4,10H2,1H3. The molecule has 1 atom stereocenters. The van der Waals surface area contributed by atoms with Crippen LogP contribution in [0.5, 0.6) is 0 Å². The van der Waals surface area contributed by atoms with Crippen molar-refractivity contribution < 1.29 is 9.53 Å². The number of carbonyl (C=O) groups excluding carboxylic acids is 1. The zero-order valence-corrected chi connectivity index (χ0v) is 8.92. The van der Waals surface area contributed by atoms with Gasteiger partial charge in [-0.15, -0.1) is 11.3 Å². The third kappa shape index (κ3) is 3.08. The second-order valence-corrected chi connectivity index (χ2v) is 3.76. The predicted molar refractivity (Wildman–Crippen MR) is 55.2 cm³/mol. The largest absolute Gasteiger partial charge is 0.466 e. The first-order chi connectivity index (χ1) is 6.77. The monoisotopic (exact) mass is 214 g/mol. The zero-order valence-electron chi connectivity index (χ0n) is 8.10. The van der Waals surface area contributed by atoms with Crippen molar-refractivity contribution >= 4 is 17.3 Å². The lowest BCUT2D eigenvalue weighted by Crippen LogP contribution is -2.17. The Morgan fingerprint density at radius 1 is 1.79 bits per heavy atom. The van der Waals surface area contributed by atoms with Crippen molar-refractivity contribution in [3.63, 3.8) is 0 Å². The topological polar surface area (TPSA) is 65.2 Å². The molecule has 14 heavy (non-hydrogen) atoms. The summed E-state index contributed by atoms with van der Waals surface area (Å²) in [7, 11) is 0. The summed E-state index contributed by atoms with van der Waals surface area (Å²) in [6.07, 6.45) is 2.09. The van der Waals surface area contributed by atoms with Gasteiger partial charge in [0.25, 0.3) is 0 Å². The summed E-state index contributed by atoms with van der Waals surface area (Å²) >= 11 is 1.52. The molecule has 1 unspecified atom stereocenters. The highest BCUT2D eigenvalue weighted by Gasteiger charge is 2.16. The fourth-order valence-corrected chi connectivity index (χ4v) is 1.89. The van der Waals surface area contributed by atoms with Gasteiger partial charge in [-0.3, -0.25) is 9.78 Å². The quantitative estimate of drug-likeness (QED) is 0.746. The average molecular weight is 214 g/mol. The number of aromatic nitrogens is 1. The molecule has 4 nitrogen and oxygen atoms in total. The molecular weight excluding hydrogens is 200 g/mol. The van der Waals surface area contributed by atoms with E-state index in [2.05, 4.69) is 4.98 Å². The van der Waals surface area contributed by atoms with Crippen LogP contribution in [-0.2, 0) is 9.53 Å². The van der Waals surface area contributed by atoms with E-state index in [0.717, 1.165) is 4.88 Å². The number of ether oxygens (including phenoxy) is 1. The van der Waals surface area contributed by atoms with E-state index in [4.69, 9.17) is 10.5 Å². The maximum absolute atomic E-state index is 11.2. The summed E-state index contributed by atoms with van der Waals surface area (Å²) < 4.78 is 4.86. The molecule has 0 spiro atoms. The van der Waals surface area contributed by atoms with Crippen molar-refractivity contribution in [2.75, 3.05) is 13.2 Å². The van der Waals surface area contributed by atoms with E-state index in [1.165, 1.54) is 11.3 Å². The Hall–Kier alpha value is -0.940. The normalized spacial score (nSPS) is 12.4. The number of hydrogen-bond acceptors (Lipinski definition) is 5. The van der Waals surface area contributed by atoms with Crippen molar-refractivity contribution in [3.8, 4) is 0 Å². The van der Waals surface area contributed by atoms with Crippen LogP contribution in [0.3, 0.4) is 0 Å². The van der Waals surface area contributed by atoms with Crippen LogP contribution in [0.15, 0.2) is 11.7 Å². The van der Waals surface area contributed by atoms with Crippen molar-refractivity contribution in [2.24, 2.45) is 5.73 Å². The SMILES string of the molecule is CCOC(=O)CC(CN)c1cncs1. The van der Waals surface area contributed by atoms with Crippen LogP contribution in [-0.4, -0.2) is 24.1 Å². The molecule has 0 aromatic carbocycles. The molecule has 0 aliphatic heterocycles. The van der Waals surface area contributed by atoms with Gasteiger partial charge in [0.1, 0.15) is 0 Å². The van der Waals surface area contributed by atoms with Gasteiger partial charge >= 0.3 is 5.97 Å². The summed E-state index contributed by atoms with van der Waals surface area (Å²) in [5, 5.41) is 0. The maximum Gasteiger partial charge on any atom is 0.306 e. The first kappa shape index (κ1) is 11.1. The smallest absolute Gasteiger partial charge is 0.306 e. The Morgan fingerprint density at radius 2 is 2.57 bits per heavy atom. The van der Waals surface area contributed by atoms with E-state index in [1.54, 1.807) is 18.6 Å². The number of hydrogen-bond donors (Lipinski definition) is 1. The lowest BCUT2D eigenvalue weighted by atomic mass is 10.1. The van der Waals surface area contributed by atoms with Gasteiger partial charge < -0.3 is 10.5 Å². The fraction of sp³-hybridized carbons (Fsp3) is 0.556. The Balaban J connectivity index is 2.51. The van der Waals surface area contributed by atoms with Crippen LogP contribution in [0.25, 0.3) is 0 Å². The Kier molecular flexibility index (Phi) is 4.55. The van der Waals surface area contributed by atoms with E-state index in [9.17, 15) is 4.79 Å². The molecule has 0 bridgehead atoms. The Morgan fingerprint density at radius 3 is 3.07 bits per heavy atom. The van der Waals surface area contributed by atoms with Crippen molar-refractivity contribution in [1.82, 2.24) is 4.98 Å². The fourth-order valence-electron chi connectivity index (χ4n) is 1.15. The predicted octanol–water partition coefficient (Wildman–Crippen LogP) is 1.14. The number of esters is 1. The van der Waals surface area contributed by atoms with Crippen molar-refractivity contribution in [1.29, 1.82) is 0 Å². The summed E-state index contributed by atoms with van der Waals surface area (Å²) in [6, 6.07) is 0. The average Bonchev–Trinajstić information content (AvgIpc) is 2.67. The summed E-state index contributed by atoms with van der Waals surface area (Å²) in [5.41, 5.74) is 7.32. The van der Waals surface area contributed by atoms with Crippen LogP contribution in [0.4, 0.5) is 0 Å². The third-order valence-electron chi connectivity index (χ3n) is 1.86. The van der Waals surface area contributed by atoms with E-state index in [-0.39, 0.29) is 11.9 Å². The molecule has 78 valence electrons. The van der Waals surface area contributed by atoms with Gasteiger partial charge in [0.05, 0.1) is 18.5 Å². The molecule has 0 aliphatic rings. The van der Waals surface area contributed by atoms with Gasteiger partial charge in [-0.1, -0.05) is 0 Å². The van der Waals surface area contributed by atoms with Gasteiger partial charge in [-0.25, -0.2) is 0 Å². The van der Waals surface area contributed by atoms with Crippen molar-refractivity contribution in [2.45, 2.75) is 19.3 Å². The molecule has 0 fully saturated rings. The highest BCUT2D eigenvalue weighted by Crippen LogP contribution is 2.22. The minimum Gasteiger partial charge on any atom is -0.466 e. The summed E-state index contributed by atoms with van der Waals surface area (Å²) in [6.45, 7) is 2.65. The molecule has 1 heterocycles. The zero-order chi connectivity index (χ0) is 10.4. The molecule has 5 heteroatoms. The first-order valence-electron chi connectivity index (χ1n) is 4.52. The van der Waals surface area contributed by atoms with Gasteiger partial charge in [-0.05, 0) is 6.92 Å². The minimum atomic E-state index is -0.198. The van der Waals surface area contributed by atoms with Gasteiger partial charge in [0.15, 0.2) is 0 Å². The number of nitrogens with two attached hydrogens (primary N) is 1. The number of thiazole rings is 1. The van der Waals surface area contributed by atoms with Crippen LogP contribution < -0.4 is 5.73 Å². The van der Waals surface area contributed by atoms with Crippen LogP contribution in [0.2, 0.25) is 0 Å². The molecule has 0 radical (unpaired) electrons. The maximum atomic E-state index is 11.2. The molecule has 0 amide bonds. The lowest BCUT2D eigenvalue weighted by molar-refractivity contribution is -0.143. The Bertz CT molecular complexity index is 274. The van der Waals surface area contributed by atoms with Crippen LogP contribution >= 0.6 is 11.3 Å². The van der Waals surface area contributed by atoms with Crippen molar-refractivity contribution in [3.05, 3.63) is 16.6 Å². The Labute approximate surface area is 87.1 Å². The molecule has 1 rings (SSSR count). The van der Waals surface area contributed by atoms with Crippen LogP contribution in [0, 0.1) is 0 Å². The molecule has 2 N–H and O–H groups in total. The highest BCUT2D eigenvalue weighted by molar-refractivity contribution is 7.09. The highest BCUT2D eigenvalue weighted by atomic mass is 32.1. The number of nitrogens with zero attached hydrogens (tertiary/aromatic N) is 1. The molecule has 1 aromatic heterocycles. The first-order valence-corrected chi connectivity index (χ1v) is 5.40. The second kappa shape index (κ2) is 5.72. The lowest BCUT2D eigenvalue weighted by Gasteiger charge is -2.10. The van der Waals surface area contributed by atoms with Crippen LogP contribution in [0.1, 0.15) is 24.1 Å². The van der Waals surface area contributed by atoms with E-state index in [0.29, 0.717) is 19.6 Å². The van der Waals surface area contributed by atoms with E-state index >= 15 is 0 Å². The molecule has 1 aromatic rings. The van der Waals surface area contributed by atoms with E-state index < -0.39 is 0 Å². The minimum absolute atomic E-state index is 0.0431. The van der Waals surface area contributed by atoms with Gasteiger partial charge in [0, 0.05) is 23.5 Å². The summed E-state index contributed by atoms with van der Waals surface area (Å²) in [5.74, 6) is -0.155. The molecule has 0 saturated heterocycles. The molecule has 0 aliphatic carbocycles. The molecular formula is C9H14N2O2S. The van der Waals surface area contributed by atoms with Gasteiger partial charge in [-0.2, -0.15) is 0 Å². The number of carbonyl (C=O) groups is 1. The second-order valence-electron chi connectivity index (χ2n) is 2.85. The molecule has 0 saturated carbocycles. The van der Waals surface area contributed by atoms with E-state index in [1.807, 2.05) is 0 Å². The van der Waals surface area contributed by atoms with Gasteiger partial charge in [0.2, 0.25) is 0 Å².